The number of rotatable bonds is 3. The van der Waals surface area contributed by atoms with E-state index in [0.717, 1.165) is 0 Å². The van der Waals surface area contributed by atoms with Crippen molar-refractivity contribution in [2.45, 2.75) is 0 Å². The van der Waals surface area contributed by atoms with E-state index in [2.05, 4.69) is 10.1 Å². The van der Waals surface area contributed by atoms with Crippen LogP contribution in [0.15, 0.2) is 24.3 Å². The summed E-state index contributed by atoms with van der Waals surface area (Å²) in [5.41, 5.74) is 0.414. The van der Waals surface area contributed by atoms with E-state index in [4.69, 9.17) is 0 Å². The van der Waals surface area contributed by atoms with E-state index in [-0.39, 0.29) is 24.1 Å². The van der Waals surface area contributed by atoms with Crippen molar-refractivity contribution in [2.24, 2.45) is 0 Å². The highest BCUT2D eigenvalue weighted by Gasteiger charge is 2.25. The number of ether oxygens (including phenoxy) is 1. The molecule has 1 fully saturated rings. The molecule has 1 heterocycles. The summed E-state index contributed by atoms with van der Waals surface area (Å²) < 4.78 is 4.40. The molecule has 0 aromatic heterocycles. The van der Waals surface area contributed by atoms with Gasteiger partial charge >= 0.3 is 6.09 Å². The number of piperazine rings is 1. The van der Waals surface area contributed by atoms with E-state index in [9.17, 15) is 19.5 Å². The number of nitrogens with zero attached hydrogens (tertiary/aromatic N) is 2. The summed E-state index contributed by atoms with van der Waals surface area (Å²) in [6.07, 6.45) is -0.656. The summed E-state index contributed by atoms with van der Waals surface area (Å²) >= 11 is 0. The van der Waals surface area contributed by atoms with Gasteiger partial charge in [-0.3, -0.25) is 9.59 Å². The van der Waals surface area contributed by atoms with Gasteiger partial charge in [0, 0.05) is 31.7 Å². The minimum absolute atomic E-state index is 0.0403. The molecule has 2 rings (SSSR count). The molecule has 0 spiro atoms. The number of alkyl carbamates (subject to hydrolysis) is 1. The molecule has 1 aliphatic heterocycles. The lowest BCUT2D eigenvalue weighted by atomic mass is 10.1. The Bertz CT molecular complexity index is 597. The fourth-order valence-corrected chi connectivity index (χ4v) is 2.31. The Morgan fingerprint density at radius 2 is 1.83 bits per heavy atom. The molecule has 0 bridgehead atoms. The number of phenolic OH excluding ortho intramolecular Hbond substituents is 1. The van der Waals surface area contributed by atoms with Crippen LogP contribution in [-0.4, -0.2) is 72.6 Å². The van der Waals surface area contributed by atoms with Gasteiger partial charge in [-0.15, -0.1) is 0 Å². The predicted molar refractivity (Wildman–Crippen MR) is 81.0 cm³/mol. The van der Waals surface area contributed by atoms with Gasteiger partial charge in [0.1, 0.15) is 12.3 Å². The number of hydrogen-bond acceptors (Lipinski definition) is 5. The van der Waals surface area contributed by atoms with Crippen molar-refractivity contribution >= 4 is 17.9 Å². The molecule has 1 saturated heterocycles. The Morgan fingerprint density at radius 3 is 2.43 bits per heavy atom. The summed E-state index contributed by atoms with van der Waals surface area (Å²) in [7, 11) is 1.23. The van der Waals surface area contributed by atoms with Gasteiger partial charge in [0.2, 0.25) is 5.91 Å². The number of amides is 3. The molecule has 1 aliphatic rings. The summed E-state index contributed by atoms with van der Waals surface area (Å²) in [5.74, 6) is -0.362. The van der Waals surface area contributed by atoms with Gasteiger partial charge < -0.3 is 25.0 Å². The molecule has 8 nitrogen and oxygen atoms in total. The summed E-state index contributed by atoms with van der Waals surface area (Å²) in [4.78, 5) is 38.4. The van der Waals surface area contributed by atoms with Gasteiger partial charge in [-0.2, -0.15) is 0 Å². The first kappa shape index (κ1) is 16.6. The molecule has 1 aromatic rings. The monoisotopic (exact) mass is 321 g/mol. The second kappa shape index (κ2) is 7.48. The smallest absolute Gasteiger partial charge is 0.407 e. The van der Waals surface area contributed by atoms with Crippen LogP contribution in [0.5, 0.6) is 5.75 Å². The molecule has 1 aromatic carbocycles. The number of hydrogen-bond donors (Lipinski definition) is 2. The Hall–Kier alpha value is -2.77. The van der Waals surface area contributed by atoms with Crippen molar-refractivity contribution in [3.63, 3.8) is 0 Å². The third-order valence-corrected chi connectivity index (χ3v) is 3.58. The first-order valence-electron chi connectivity index (χ1n) is 7.19. The normalized spacial score (nSPS) is 14.3. The highest BCUT2D eigenvalue weighted by molar-refractivity contribution is 5.94. The molecular formula is C15H19N3O5. The molecule has 23 heavy (non-hydrogen) atoms. The largest absolute Gasteiger partial charge is 0.508 e. The van der Waals surface area contributed by atoms with Crippen LogP contribution in [0.2, 0.25) is 0 Å². The molecule has 0 unspecified atom stereocenters. The number of benzene rings is 1. The van der Waals surface area contributed by atoms with E-state index in [0.29, 0.717) is 31.7 Å². The van der Waals surface area contributed by atoms with Crippen molar-refractivity contribution in [1.29, 1.82) is 0 Å². The van der Waals surface area contributed by atoms with E-state index in [1.165, 1.54) is 19.2 Å². The second-order valence-electron chi connectivity index (χ2n) is 5.07. The number of aromatic hydroxyl groups is 1. The van der Waals surface area contributed by atoms with Crippen LogP contribution in [0.1, 0.15) is 10.4 Å². The van der Waals surface area contributed by atoms with E-state index in [1.54, 1.807) is 21.9 Å². The average molecular weight is 321 g/mol. The Balaban J connectivity index is 1.85. The lowest BCUT2D eigenvalue weighted by molar-refractivity contribution is -0.131. The maximum absolute atomic E-state index is 12.3. The van der Waals surface area contributed by atoms with E-state index >= 15 is 0 Å². The van der Waals surface area contributed by atoms with Crippen LogP contribution in [0.4, 0.5) is 4.79 Å². The molecule has 8 heteroatoms. The van der Waals surface area contributed by atoms with Crippen LogP contribution in [0, 0.1) is 0 Å². The van der Waals surface area contributed by atoms with Crippen molar-refractivity contribution < 1.29 is 24.2 Å². The number of methoxy groups -OCH3 is 1. The van der Waals surface area contributed by atoms with Crippen LogP contribution in [0.3, 0.4) is 0 Å². The zero-order valence-electron chi connectivity index (χ0n) is 12.8. The third-order valence-electron chi connectivity index (χ3n) is 3.58. The zero-order valence-corrected chi connectivity index (χ0v) is 12.8. The zero-order chi connectivity index (χ0) is 16.8. The quantitative estimate of drug-likeness (QED) is 0.818. The van der Waals surface area contributed by atoms with Gasteiger partial charge in [0.25, 0.3) is 5.91 Å². The molecule has 0 aliphatic carbocycles. The highest BCUT2D eigenvalue weighted by Crippen LogP contribution is 2.14. The Morgan fingerprint density at radius 1 is 1.17 bits per heavy atom. The SMILES string of the molecule is COC(=O)NCC(=O)N1CCN(C(=O)c2cccc(O)c2)CC1. The lowest BCUT2D eigenvalue weighted by Crippen LogP contribution is -2.52. The molecule has 0 saturated carbocycles. The van der Waals surface area contributed by atoms with Crippen molar-refractivity contribution in [2.75, 3.05) is 39.8 Å². The number of nitrogens with one attached hydrogen (secondary N) is 1. The fourth-order valence-electron chi connectivity index (χ4n) is 2.31. The summed E-state index contributed by atoms with van der Waals surface area (Å²) in [5, 5.41) is 11.8. The Kier molecular flexibility index (Phi) is 5.40. The van der Waals surface area contributed by atoms with Crippen LogP contribution in [-0.2, 0) is 9.53 Å². The van der Waals surface area contributed by atoms with Crippen molar-refractivity contribution in [3.8, 4) is 5.75 Å². The standard InChI is InChI=1S/C15H19N3O5/c1-23-15(22)16-10-13(20)17-5-7-18(8-6-17)14(21)11-3-2-4-12(19)9-11/h2-4,9,19H,5-8,10H2,1H3,(H,16,22). The van der Waals surface area contributed by atoms with Crippen LogP contribution in [0.25, 0.3) is 0 Å². The molecular weight excluding hydrogens is 302 g/mol. The maximum Gasteiger partial charge on any atom is 0.407 e. The lowest BCUT2D eigenvalue weighted by Gasteiger charge is -2.34. The van der Waals surface area contributed by atoms with E-state index in [1.807, 2.05) is 0 Å². The number of carbonyl (C=O) groups excluding carboxylic acids is 3. The summed E-state index contributed by atoms with van der Waals surface area (Å²) in [6.45, 7) is 1.46. The first-order chi connectivity index (χ1) is 11.0. The van der Waals surface area contributed by atoms with Gasteiger partial charge in [-0.05, 0) is 18.2 Å². The highest BCUT2D eigenvalue weighted by atomic mass is 16.5. The second-order valence-corrected chi connectivity index (χ2v) is 5.07. The van der Waals surface area contributed by atoms with Gasteiger partial charge in [0.05, 0.1) is 7.11 Å². The molecule has 0 radical (unpaired) electrons. The van der Waals surface area contributed by atoms with Gasteiger partial charge in [0.15, 0.2) is 0 Å². The third kappa shape index (κ3) is 4.35. The van der Waals surface area contributed by atoms with Gasteiger partial charge in [-0.25, -0.2) is 4.79 Å². The molecule has 2 N–H and O–H groups in total. The summed E-state index contributed by atoms with van der Waals surface area (Å²) in [6, 6.07) is 6.17. The van der Waals surface area contributed by atoms with Crippen LogP contribution < -0.4 is 5.32 Å². The molecule has 3 amide bonds. The number of phenols is 1. The first-order valence-corrected chi connectivity index (χ1v) is 7.19. The van der Waals surface area contributed by atoms with E-state index < -0.39 is 6.09 Å². The van der Waals surface area contributed by atoms with Gasteiger partial charge in [-0.1, -0.05) is 6.07 Å². The van der Waals surface area contributed by atoms with Crippen molar-refractivity contribution in [1.82, 2.24) is 15.1 Å². The fraction of sp³-hybridized carbons (Fsp3) is 0.400. The van der Waals surface area contributed by atoms with Crippen molar-refractivity contribution in [3.05, 3.63) is 29.8 Å². The molecule has 0 atom stereocenters. The molecule has 124 valence electrons. The Labute approximate surface area is 133 Å². The van der Waals surface area contributed by atoms with Crippen LogP contribution >= 0.6 is 0 Å². The topological polar surface area (TPSA) is 99.2 Å². The maximum atomic E-state index is 12.3. The predicted octanol–water partition coefficient (Wildman–Crippen LogP) is 0.0326. The minimum Gasteiger partial charge on any atom is -0.508 e. The number of carbonyl (C=O) groups is 3. The average Bonchev–Trinajstić information content (AvgIpc) is 2.58. The minimum atomic E-state index is -0.656.